The maximum atomic E-state index is 10.2. The van der Waals surface area contributed by atoms with Crippen molar-refractivity contribution in [3.8, 4) is 0 Å². The quantitative estimate of drug-likeness (QED) is 0.825. The fourth-order valence-electron chi connectivity index (χ4n) is 2.69. The zero-order chi connectivity index (χ0) is 11.9. The molecule has 0 radical (unpaired) electrons. The second-order valence-electron chi connectivity index (χ2n) is 5.94. The summed E-state index contributed by atoms with van der Waals surface area (Å²) < 4.78 is 0. The number of aryl methyl sites for hydroxylation is 2. The highest BCUT2D eigenvalue weighted by Gasteiger charge is 2.49. The molecule has 1 aromatic carbocycles. The van der Waals surface area contributed by atoms with Gasteiger partial charge in [-0.1, -0.05) is 32.0 Å². The molecule has 1 aliphatic rings. The summed E-state index contributed by atoms with van der Waals surface area (Å²) in [5.74, 6) is 0.492. The highest BCUT2D eigenvalue weighted by atomic mass is 16.3. The molecule has 0 saturated heterocycles. The van der Waals surface area contributed by atoms with Gasteiger partial charge in [0.1, 0.15) is 0 Å². The molecule has 1 saturated carbocycles. The van der Waals surface area contributed by atoms with Crippen molar-refractivity contribution in [1.82, 2.24) is 0 Å². The van der Waals surface area contributed by atoms with Crippen LogP contribution in [0.5, 0.6) is 0 Å². The molecule has 2 unspecified atom stereocenters. The van der Waals surface area contributed by atoms with Crippen molar-refractivity contribution < 1.29 is 5.11 Å². The predicted molar refractivity (Wildman–Crippen MR) is 67.5 cm³/mol. The van der Waals surface area contributed by atoms with Gasteiger partial charge in [0.25, 0.3) is 0 Å². The molecule has 1 fully saturated rings. The maximum absolute atomic E-state index is 10.2. The fourth-order valence-corrected chi connectivity index (χ4v) is 2.69. The summed E-state index contributed by atoms with van der Waals surface area (Å²) in [5, 5.41) is 10.2. The number of hydrogen-bond donors (Lipinski definition) is 1. The fraction of sp³-hybridized carbons (Fsp3) is 0.600. The second-order valence-corrected chi connectivity index (χ2v) is 5.94. The highest BCUT2D eigenvalue weighted by Crippen LogP contribution is 2.54. The van der Waals surface area contributed by atoms with Gasteiger partial charge in [0.2, 0.25) is 0 Å². The molecule has 0 heterocycles. The van der Waals surface area contributed by atoms with Crippen LogP contribution in [-0.2, 0) is 6.42 Å². The third kappa shape index (κ3) is 2.15. The van der Waals surface area contributed by atoms with E-state index in [4.69, 9.17) is 0 Å². The number of rotatable bonds is 3. The summed E-state index contributed by atoms with van der Waals surface area (Å²) in [6.45, 7) is 8.75. The SMILES string of the molecule is Cc1cccc(C)c1CC(O)C1CC1(C)C. The number of aliphatic hydroxyl groups is 1. The van der Waals surface area contributed by atoms with Gasteiger partial charge in [-0.05, 0) is 54.7 Å². The number of hydrogen-bond acceptors (Lipinski definition) is 1. The molecule has 1 heteroatoms. The Morgan fingerprint density at radius 2 is 1.81 bits per heavy atom. The van der Waals surface area contributed by atoms with Crippen molar-refractivity contribution in [2.24, 2.45) is 11.3 Å². The van der Waals surface area contributed by atoms with Gasteiger partial charge in [0.05, 0.1) is 6.10 Å². The van der Waals surface area contributed by atoms with Crippen LogP contribution in [0, 0.1) is 25.2 Å². The Bertz CT molecular complexity index is 372. The van der Waals surface area contributed by atoms with E-state index in [-0.39, 0.29) is 6.10 Å². The van der Waals surface area contributed by atoms with Gasteiger partial charge in [0.15, 0.2) is 0 Å². The lowest BCUT2D eigenvalue weighted by atomic mass is 9.94. The van der Waals surface area contributed by atoms with Crippen LogP contribution < -0.4 is 0 Å². The minimum atomic E-state index is -0.171. The first kappa shape index (κ1) is 11.7. The average Bonchev–Trinajstić information content (AvgIpc) is 2.82. The molecule has 0 aliphatic heterocycles. The third-order valence-electron chi connectivity index (χ3n) is 4.11. The highest BCUT2D eigenvalue weighted by molar-refractivity contribution is 5.34. The van der Waals surface area contributed by atoms with Gasteiger partial charge in [-0.3, -0.25) is 0 Å². The van der Waals surface area contributed by atoms with Crippen molar-refractivity contribution in [3.05, 3.63) is 34.9 Å². The minimum absolute atomic E-state index is 0.171. The van der Waals surface area contributed by atoms with E-state index in [1.807, 2.05) is 0 Å². The summed E-state index contributed by atoms with van der Waals surface area (Å²) in [6.07, 6.45) is 1.81. The molecule has 1 aromatic rings. The third-order valence-corrected chi connectivity index (χ3v) is 4.11. The van der Waals surface area contributed by atoms with E-state index < -0.39 is 0 Å². The van der Waals surface area contributed by atoms with Crippen molar-refractivity contribution >= 4 is 0 Å². The first-order valence-corrected chi connectivity index (χ1v) is 6.15. The summed E-state index contributed by atoms with van der Waals surface area (Å²) in [7, 11) is 0. The Balaban J connectivity index is 2.10. The summed E-state index contributed by atoms with van der Waals surface area (Å²) in [6, 6.07) is 6.35. The van der Waals surface area contributed by atoms with Crippen LogP contribution in [0.2, 0.25) is 0 Å². The van der Waals surface area contributed by atoms with E-state index in [1.165, 1.54) is 23.1 Å². The number of aliphatic hydroxyl groups excluding tert-OH is 1. The second kappa shape index (κ2) is 3.89. The van der Waals surface area contributed by atoms with Crippen LogP contribution >= 0.6 is 0 Å². The molecule has 0 aromatic heterocycles. The van der Waals surface area contributed by atoms with Crippen LogP contribution in [0.3, 0.4) is 0 Å². The summed E-state index contributed by atoms with van der Waals surface area (Å²) in [5.41, 5.74) is 4.29. The predicted octanol–water partition coefficient (Wildman–Crippen LogP) is 3.25. The monoisotopic (exact) mass is 218 g/mol. The van der Waals surface area contributed by atoms with E-state index in [0.717, 1.165) is 6.42 Å². The molecule has 0 amide bonds. The summed E-state index contributed by atoms with van der Waals surface area (Å²) in [4.78, 5) is 0. The molecule has 0 bridgehead atoms. The first-order valence-electron chi connectivity index (χ1n) is 6.15. The van der Waals surface area contributed by atoms with Crippen molar-refractivity contribution in [2.45, 2.75) is 46.6 Å². The van der Waals surface area contributed by atoms with Crippen LogP contribution in [0.15, 0.2) is 18.2 Å². The normalized spacial score (nSPS) is 24.2. The zero-order valence-corrected chi connectivity index (χ0v) is 10.7. The van der Waals surface area contributed by atoms with Crippen LogP contribution in [0.25, 0.3) is 0 Å². The Morgan fingerprint density at radius 1 is 1.31 bits per heavy atom. The van der Waals surface area contributed by atoms with Gasteiger partial charge < -0.3 is 5.11 Å². The average molecular weight is 218 g/mol. The number of benzene rings is 1. The lowest BCUT2D eigenvalue weighted by Crippen LogP contribution is -2.17. The Morgan fingerprint density at radius 3 is 2.25 bits per heavy atom. The Hall–Kier alpha value is -0.820. The Kier molecular flexibility index (Phi) is 2.83. The van der Waals surface area contributed by atoms with E-state index in [1.54, 1.807) is 0 Å². The molecule has 0 spiro atoms. The smallest absolute Gasteiger partial charge is 0.0614 e. The molecule has 16 heavy (non-hydrogen) atoms. The molecule has 1 aliphatic carbocycles. The van der Waals surface area contributed by atoms with Crippen LogP contribution in [0.1, 0.15) is 37.0 Å². The molecule has 1 N–H and O–H groups in total. The van der Waals surface area contributed by atoms with Crippen LogP contribution in [-0.4, -0.2) is 11.2 Å². The molecule has 88 valence electrons. The van der Waals surface area contributed by atoms with Gasteiger partial charge in [-0.2, -0.15) is 0 Å². The topological polar surface area (TPSA) is 20.2 Å². The van der Waals surface area contributed by atoms with Crippen molar-refractivity contribution in [2.75, 3.05) is 0 Å². The van der Waals surface area contributed by atoms with E-state index in [0.29, 0.717) is 11.3 Å². The minimum Gasteiger partial charge on any atom is -0.392 e. The van der Waals surface area contributed by atoms with Crippen molar-refractivity contribution in [1.29, 1.82) is 0 Å². The lowest BCUT2D eigenvalue weighted by Gasteiger charge is -2.16. The standard InChI is InChI=1S/C15H22O/c1-10-6-5-7-11(2)12(10)8-14(16)13-9-15(13,3)4/h5-7,13-14,16H,8-9H2,1-4H3. The van der Waals surface area contributed by atoms with Crippen molar-refractivity contribution in [3.63, 3.8) is 0 Å². The maximum Gasteiger partial charge on any atom is 0.0614 e. The molecular formula is C15H22O. The van der Waals surface area contributed by atoms with Gasteiger partial charge in [0, 0.05) is 0 Å². The van der Waals surface area contributed by atoms with Crippen LogP contribution in [0.4, 0.5) is 0 Å². The molecular weight excluding hydrogens is 196 g/mol. The molecule has 2 atom stereocenters. The van der Waals surface area contributed by atoms with E-state index >= 15 is 0 Å². The largest absolute Gasteiger partial charge is 0.392 e. The zero-order valence-electron chi connectivity index (χ0n) is 10.7. The van der Waals surface area contributed by atoms with E-state index in [2.05, 4.69) is 45.9 Å². The van der Waals surface area contributed by atoms with E-state index in [9.17, 15) is 5.11 Å². The van der Waals surface area contributed by atoms with Gasteiger partial charge >= 0.3 is 0 Å². The van der Waals surface area contributed by atoms with Gasteiger partial charge in [-0.25, -0.2) is 0 Å². The molecule has 1 nitrogen and oxygen atoms in total. The van der Waals surface area contributed by atoms with Gasteiger partial charge in [-0.15, -0.1) is 0 Å². The summed E-state index contributed by atoms with van der Waals surface area (Å²) >= 11 is 0. The molecule has 2 rings (SSSR count). The first-order chi connectivity index (χ1) is 7.42. The lowest BCUT2D eigenvalue weighted by molar-refractivity contribution is 0.136. The Labute approximate surface area is 98.5 Å².